The van der Waals surface area contributed by atoms with Gasteiger partial charge in [0.1, 0.15) is 17.9 Å². The van der Waals surface area contributed by atoms with Crippen LogP contribution in [0.2, 0.25) is 0 Å². The molecule has 1 atom stereocenters. The van der Waals surface area contributed by atoms with Crippen LogP contribution >= 0.6 is 0 Å². The minimum Gasteiger partial charge on any atom is -0.493 e. The number of ether oxygens (including phenoxy) is 1. The molecule has 2 heterocycles. The van der Waals surface area contributed by atoms with Gasteiger partial charge in [-0.3, -0.25) is 9.59 Å². The van der Waals surface area contributed by atoms with Gasteiger partial charge in [-0.05, 0) is 25.0 Å². The van der Waals surface area contributed by atoms with Gasteiger partial charge in [0.25, 0.3) is 5.91 Å². The highest BCUT2D eigenvalue weighted by Gasteiger charge is 2.24. The summed E-state index contributed by atoms with van der Waals surface area (Å²) in [5.41, 5.74) is 2.03. The molecule has 0 saturated heterocycles. The van der Waals surface area contributed by atoms with Crippen LogP contribution in [0.4, 0.5) is 0 Å². The summed E-state index contributed by atoms with van der Waals surface area (Å²) < 4.78 is 10.8. The van der Waals surface area contributed by atoms with Crippen molar-refractivity contribution in [3.05, 3.63) is 53.0 Å². The third-order valence-electron chi connectivity index (χ3n) is 4.18. The van der Waals surface area contributed by atoms with E-state index >= 15 is 0 Å². The summed E-state index contributed by atoms with van der Waals surface area (Å²) in [5.74, 6) is -0.119. The molecule has 1 aliphatic heterocycles. The lowest BCUT2D eigenvalue weighted by Gasteiger charge is -2.26. The van der Waals surface area contributed by atoms with Crippen molar-refractivity contribution >= 4 is 11.9 Å². The summed E-state index contributed by atoms with van der Waals surface area (Å²) in [6.07, 6.45) is 1.93. The van der Waals surface area contributed by atoms with Crippen molar-refractivity contribution in [1.82, 2.24) is 5.32 Å². The van der Waals surface area contributed by atoms with Crippen molar-refractivity contribution in [1.29, 1.82) is 0 Å². The van der Waals surface area contributed by atoms with E-state index in [0.29, 0.717) is 24.3 Å². The molecule has 1 aliphatic rings. The van der Waals surface area contributed by atoms with Crippen LogP contribution in [0.5, 0.6) is 5.75 Å². The quantitative estimate of drug-likeness (QED) is 0.880. The number of aliphatic carboxylic acids is 1. The average molecular weight is 329 g/mol. The average Bonchev–Trinajstić information content (AvgIpc) is 2.92. The second kappa shape index (κ2) is 6.78. The van der Waals surface area contributed by atoms with Crippen LogP contribution in [0.3, 0.4) is 0 Å². The van der Waals surface area contributed by atoms with E-state index in [1.54, 1.807) is 6.92 Å². The van der Waals surface area contributed by atoms with Gasteiger partial charge in [0.15, 0.2) is 0 Å². The number of carbonyl (C=O) groups excluding carboxylic acids is 1. The highest BCUT2D eigenvalue weighted by atomic mass is 16.5. The Morgan fingerprint density at radius 2 is 2.12 bits per heavy atom. The minimum atomic E-state index is -1.03. The number of para-hydroxylation sites is 1. The van der Waals surface area contributed by atoms with E-state index in [1.807, 2.05) is 24.3 Å². The number of furan rings is 1. The summed E-state index contributed by atoms with van der Waals surface area (Å²) >= 11 is 0. The van der Waals surface area contributed by atoms with Gasteiger partial charge < -0.3 is 19.6 Å². The molecular weight excluding hydrogens is 310 g/mol. The molecule has 0 aliphatic carbocycles. The largest absolute Gasteiger partial charge is 0.493 e. The topological polar surface area (TPSA) is 88.8 Å². The Kier molecular flexibility index (Phi) is 4.55. The molecule has 0 fully saturated rings. The molecule has 0 radical (unpaired) electrons. The molecule has 0 saturated carbocycles. The van der Waals surface area contributed by atoms with Gasteiger partial charge in [-0.15, -0.1) is 0 Å². The standard InChI is InChI=1S/C18H19NO5/c1-11-10-24-15(8-16(20)21)17(11)18(22)19-9-12-6-7-23-14-5-3-2-4-13(12)14/h2-5,10,12H,6-9H2,1H3,(H,19,22)(H,20,21). The van der Waals surface area contributed by atoms with Gasteiger partial charge in [-0.2, -0.15) is 0 Å². The molecule has 2 N–H and O–H groups in total. The van der Waals surface area contributed by atoms with Gasteiger partial charge in [-0.25, -0.2) is 0 Å². The van der Waals surface area contributed by atoms with Gasteiger partial charge in [0, 0.05) is 18.0 Å². The third kappa shape index (κ3) is 3.27. The van der Waals surface area contributed by atoms with Crippen LogP contribution in [0.25, 0.3) is 0 Å². The summed E-state index contributed by atoms with van der Waals surface area (Å²) in [6, 6.07) is 7.80. The zero-order valence-corrected chi connectivity index (χ0v) is 13.4. The van der Waals surface area contributed by atoms with E-state index in [2.05, 4.69) is 5.32 Å². The van der Waals surface area contributed by atoms with Crippen LogP contribution in [-0.4, -0.2) is 30.1 Å². The number of nitrogens with one attached hydrogen (secondary N) is 1. The monoisotopic (exact) mass is 329 g/mol. The molecule has 3 rings (SSSR count). The molecule has 0 bridgehead atoms. The Hall–Kier alpha value is -2.76. The lowest BCUT2D eigenvalue weighted by molar-refractivity contribution is -0.136. The number of carboxylic acids is 1. The van der Waals surface area contributed by atoms with Crippen molar-refractivity contribution in [3.8, 4) is 5.75 Å². The molecule has 1 unspecified atom stereocenters. The number of fused-ring (bicyclic) bond motifs is 1. The summed E-state index contributed by atoms with van der Waals surface area (Å²) in [7, 11) is 0. The molecule has 2 aromatic rings. The van der Waals surface area contributed by atoms with E-state index in [1.165, 1.54) is 6.26 Å². The van der Waals surface area contributed by atoms with Gasteiger partial charge in [0.2, 0.25) is 0 Å². The highest BCUT2D eigenvalue weighted by Crippen LogP contribution is 2.32. The van der Waals surface area contributed by atoms with Crippen molar-refractivity contribution in [3.63, 3.8) is 0 Å². The third-order valence-corrected chi connectivity index (χ3v) is 4.18. The molecule has 1 amide bonds. The number of benzene rings is 1. The number of hydrogen-bond acceptors (Lipinski definition) is 4. The van der Waals surface area contributed by atoms with Crippen LogP contribution < -0.4 is 10.1 Å². The van der Waals surface area contributed by atoms with Crippen LogP contribution in [-0.2, 0) is 11.2 Å². The Labute approximate surface area is 139 Å². The van der Waals surface area contributed by atoms with Crippen molar-refractivity contribution in [2.45, 2.75) is 25.7 Å². The van der Waals surface area contributed by atoms with Crippen molar-refractivity contribution in [2.75, 3.05) is 13.2 Å². The van der Waals surface area contributed by atoms with E-state index in [4.69, 9.17) is 14.3 Å². The lowest BCUT2D eigenvalue weighted by Crippen LogP contribution is -2.31. The smallest absolute Gasteiger partial charge is 0.311 e. The zero-order valence-electron chi connectivity index (χ0n) is 13.4. The van der Waals surface area contributed by atoms with E-state index in [0.717, 1.165) is 17.7 Å². The molecule has 24 heavy (non-hydrogen) atoms. The minimum absolute atomic E-state index is 0.175. The Morgan fingerprint density at radius 1 is 1.33 bits per heavy atom. The first-order valence-corrected chi connectivity index (χ1v) is 7.85. The maximum Gasteiger partial charge on any atom is 0.311 e. The molecular formula is C18H19NO5. The normalized spacial score (nSPS) is 16.1. The second-order valence-corrected chi connectivity index (χ2v) is 5.87. The number of carboxylic acid groups (broad SMARTS) is 1. The highest BCUT2D eigenvalue weighted by molar-refractivity contribution is 5.97. The molecule has 1 aromatic carbocycles. The molecule has 0 spiro atoms. The molecule has 126 valence electrons. The summed E-state index contributed by atoms with van der Waals surface area (Å²) in [5, 5.41) is 11.8. The Bertz CT molecular complexity index is 765. The second-order valence-electron chi connectivity index (χ2n) is 5.87. The van der Waals surface area contributed by atoms with Crippen molar-refractivity contribution in [2.24, 2.45) is 0 Å². The van der Waals surface area contributed by atoms with Crippen LogP contribution in [0, 0.1) is 6.92 Å². The SMILES string of the molecule is Cc1coc(CC(=O)O)c1C(=O)NCC1CCOc2ccccc21. The number of carbonyl (C=O) groups is 2. The fourth-order valence-corrected chi connectivity index (χ4v) is 3.00. The molecule has 6 nitrogen and oxygen atoms in total. The molecule has 1 aromatic heterocycles. The maximum atomic E-state index is 12.5. The van der Waals surface area contributed by atoms with Gasteiger partial charge in [0.05, 0.1) is 18.4 Å². The first-order valence-electron chi connectivity index (χ1n) is 7.85. The van der Waals surface area contributed by atoms with Crippen molar-refractivity contribution < 1.29 is 23.8 Å². The van der Waals surface area contributed by atoms with E-state index in [-0.39, 0.29) is 24.0 Å². The zero-order chi connectivity index (χ0) is 17.1. The fourth-order valence-electron chi connectivity index (χ4n) is 3.00. The number of amides is 1. The van der Waals surface area contributed by atoms with Gasteiger partial charge in [-0.1, -0.05) is 18.2 Å². The van der Waals surface area contributed by atoms with Gasteiger partial charge >= 0.3 is 5.97 Å². The lowest BCUT2D eigenvalue weighted by atomic mass is 9.93. The Balaban J connectivity index is 1.71. The van der Waals surface area contributed by atoms with E-state index in [9.17, 15) is 9.59 Å². The molecule has 6 heteroatoms. The predicted octanol–water partition coefficient (Wildman–Crippen LogP) is 2.51. The Morgan fingerprint density at radius 3 is 2.92 bits per heavy atom. The number of aryl methyl sites for hydroxylation is 1. The maximum absolute atomic E-state index is 12.5. The first-order chi connectivity index (χ1) is 11.6. The number of hydrogen-bond donors (Lipinski definition) is 2. The van der Waals surface area contributed by atoms with Crippen LogP contribution in [0.1, 0.15) is 39.6 Å². The van der Waals surface area contributed by atoms with E-state index < -0.39 is 5.97 Å². The fraction of sp³-hybridized carbons (Fsp3) is 0.333. The first kappa shape index (κ1) is 16.1. The van der Waals surface area contributed by atoms with Crippen LogP contribution in [0.15, 0.2) is 34.9 Å². The summed E-state index contributed by atoms with van der Waals surface area (Å²) in [6.45, 7) is 2.82. The summed E-state index contributed by atoms with van der Waals surface area (Å²) in [4.78, 5) is 23.4. The number of rotatable bonds is 5. The predicted molar refractivity (Wildman–Crippen MR) is 86.4 cm³/mol.